The van der Waals surface area contributed by atoms with Crippen LogP contribution in [0.4, 0.5) is 5.82 Å². The Bertz CT molecular complexity index is 891. The van der Waals surface area contributed by atoms with Gasteiger partial charge < -0.3 is 20.1 Å². The van der Waals surface area contributed by atoms with E-state index in [0.29, 0.717) is 22.9 Å². The molecule has 0 spiro atoms. The molecule has 0 fully saturated rings. The van der Waals surface area contributed by atoms with Crippen molar-refractivity contribution in [2.45, 2.75) is 19.8 Å². The predicted molar refractivity (Wildman–Crippen MR) is 113 cm³/mol. The van der Waals surface area contributed by atoms with Gasteiger partial charge in [-0.05, 0) is 36.8 Å². The van der Waals surface area contributed by atoms with Crippen LogP contribution in [-0.4, -0.2) is 42.5 Å². The molecule has 0 bridgehead atoms. The van der Waals surface area contributed by atoms with E-state index in [1.165, 1.54) is 12.3 Å². The van der Waals surface area contributed by atoms with E-state index in [2.05, 4.69) is 22.5 Å². The molecule has 0 aliphatic carbocycles. The summed E-state index contributed by atoms with van der Waals surface area (Å²) in [6.07, 6.45) is 3.30. The molecule has 0 atom stereocenters. The number of nitrogens with zero attached hydrogens (tertiary/aromatic N) is 1. The lowest BCUT2D eigenvalue weighted by atomic mass is 10.2. The van der Waals surface area contributed by atoms with Crippen molar-refractivity contribution in [3.63, 3.8) is 0 Å². The number of hydrogen-bond acceptors (Lipinski definition) is 6. The summed E-state index contributed by atoms with van der Waals surface area (Å²) in [6, 6.07) is 7.97. The second-order valence-corrected chi connectivity index (χ2v) is 6.95. The van der Waals surface area contributed by atoms with Crippen LogP contribution in [-0.2, 0) is 14.3 Å². The maximum atomic E-state index is 12.1. The Kier molecular flexibility index (Phi) is 9.37. The van der Waals surface area contributed by atoms with Crippen LogP contribution in [0.15, 0.2) is 36.5 Å². The quantitative estimate of drug-likeness (QED) is 0.421. The average Bonchev–Trinajstić information content (AvgIpc) is 2.73. The summed E-state index contributed by atoms with van der Waals surface area (Å²) in [5, 5.41) is 5.28. The van der Waals surface area contributed by atoms with Crippen molar-refractivity contribution < 1.29 is 23.9 Å². The molecule has 0 aliphatic heterocycles. The number of halogens is 2. The summed E-state index contributed by atoms with van der Waals surface area (Å²) in [7, 11) is 0. The van der Waals surface area contributed by atoms with Gasteiger partial charge in [0.25, 0.3) is 11.8 Å². The summed E-state index contributed by atoms with van der Waals surface area (Å²) < 4.78 is 10.3. The van der Waals surface area contributed by atoms with Crippen molar-refractivity contribution in [3.05, 3.63) is 52.1 Å². The van der Waals surface area contributed by atoms with Gasteiger partial charge in [-0.25, -0.2) is 4.98 Å². The number of pyridine rings is 1. The fourth-order valence-electron chi connectivity index (χ4n) is 2.16. The van der Waals surface area contributed by atoms with E-state index in [9.17, 15) is 14.4 Å². The maximum Gasteiger partial charge on any atom is 0.325 e. The highest BCUT2D eigenvalue weighted by atomic mass is 35.5. The van der Waals surface area contributed by atoms with E-state index in [0.717, 1.165) is 12.8 Å². The zero-order valence-corrected chi connectivity index (χ0v) is 17.8. The van der Waals surface area contributed by atoms with Gasteiger partial charge in [-0.15, -0.1) is 0 Å². The van der Waals surface area contributed by atoms with Crippen molar-refractivity contribution in [3.8, 4) is 5.75 Å². The topological polar surface area (TPSA) is 107 Å². The van der Waals surface area contributed by atoms with Gasteiger partial charge in [0.2, 0.25) is 0 Å². The largest absolute Gasteiger partial charge is 0.494 e. The summed E-state index contributed by atoms with van der Waals surface area (Å²) in [5.74, 6) is -1.09. The first-order valence-electron chi connectivity index (χ1n) is 9.16. The number of amides is 2. The number of aromatic nitrogens is 1. The Morgan fingerprint density at radius 2 is 1.87 bits per heavy atom. The minimum atomic E-state index is -0.770. The molecular weight excluding hydrogens is 433 g/mol. The molecule has 0 saturated heterocycles. The minimum absolute atomic E-state index is 0.0949. The highest BCUT2D eigenvalue weighted by Crippen LogP contribution is 2.22. The lowest BCUT2D eigenvalue weighted by Gasteiger charge is -2.09. The highest BCUT2D eigenvalue weighted by molar-refractivity contribution is 6.36. The lowest BCUT2D eigenvalue weighted by Crippen LogP contribution is -2.32. The second-order valence-electron chi connectivity index (χ2n) is 6.10. The molecule has 0 unspecified atom stereocenters. The van der Waals surface area contributed by atoms with Crippen molar-refractivity contribution in [1.29, 1.82) is 0 Å². The Morgan fingerprint density at radius 3 is 2.53 bits per heavy atom. The van der Waals surface area contributed by atoms with Gasteiger partial charge in [-0.2, -0.15) is 0 Å². The van der Waals surface area contributed by atoms with Gasteiger partial charge >= 0.3 is 5.97 Å². The van der Waals surface area contributed by atoms with Crippen LogP contribution in [0.2, 0.25) is 10.0 Å². The van der Waals surface area contributed by atoms with E-state index in [4.69, 9.17) is 32.7 Å². The summed E-state index contributed by atoms with van der Waals surface area (Å²) in [5.41, 5.74) is 0.367. The Balaban J connectivity index is 1.72. The van der Waals surface area contributed by atoms with Gasteiger partial charge in [0.1, 0.15) is 12.3 Å². The molecule has 0 radical (unpaired) electrons. The van der Waals surface area contributed by atoms with Crippen LogP contribution in [0.5, 0.6) is 5.75 Å². The van der Waals surface area contributed by atoms with Crippen molar-refractivity contribution >= 4 is 46.8 Å². The fraction of sp³-hybridized carbons (Fsp3) is 0.300. The number of esters is 1. The van der Waals surface area contributed by atoms with E-state index in [1.54, 1.807) is 24.3 Å². The molecule has 160 valence electrons. The smallest absolute Gasteiger partial charge is 0.325 e. The van der Waals surface area contributed by atoms with Crippen LogP contribution in [0.3, 0.4) is 0 Å². The number of hydrogen-bond donors (Lipinski definition) is 2. The van der Waals surface area contributed by atoms with Crippen LogP contribution in [0.25, 0.3) is 0 Å². The number of nitrogens with one attached hydrogen (secondary N) is 2. The van der Waals surface area contributed by atoms with E-state index < -0.39 is 24.4 Å². The number of benzene rings is 1. The minimum Gasteiger partial charge on any atom is -0.494 e. The molecule has 0 aliphatic rings. The molecule has 30 heavy (non-hydrogen) atoms. The standard InChI is InChI=1S/C20H21Cl2N3O5/c1-2-3-8-29-15-6-4-13(5-7-15)20(28)24-11-18(27)30-12-17(26)25-19-16(22)9-14(21)10-23-19/h4-7,9-10H,2-3,8,11-12H2,1H3,(H,24,28)(H,23,25,26). The van der Waals surface area contributed by atoms with Crippen LogP contribution in [0.1, 0.15) is 30.1 Å². The van der Waals surface area contributed by atoms with E-state index in [-0.39, 0.29) is 17.4 Å². The monoisotopic (exact) mass is 453 g/mol. The first kappa shape index (κ1) is 23.4. The zero-order valence-electron chi connectivity index (χ0n) is 16.2. The predicted octanol–water partition coefficient (Wildman–Crippen LogP) is 3.48. The molecule has 2 N–H and O–H groups in total. The third-order valence-corrected chi connectivity index (χ3v) is 4.20. The number of rotatable bonds is 10. The molecule has 1 heterocycles. The first-order chi connectivity index (χ1) is 14.4. The zero-order chi connectivity index (χ0) is 21.9. The molecule has 1 aromatic carbocycles. The molecule has 0 saturated carbocycles. The molecule has 1 aromatic heterocycles. The third kappa shape index (κ3) is 7.88. The fourth-order valence-corrected chi connectivity index (χ4v) is 2.59. The average molecular weight is 454 g/mol. The number of anilines is 1. The molecule has 8 nitrogen and oxygen atoms in total. The number of carbonyl (C=O) groups excluding carboxylic acids is 3. The van der Waals surface area contributed by atoms with Crippen molar-refractivity contribution in [1.82, 2.24) is 10.3 Å². The van der Waals surface area contributed by atoms with Gasteiger partial charge in [0.15, 0.2) is 12.4 Å². The van der Waals surface area contributed by atoms with Crippen molar-refractivity contribution in [2.75, 3.05) is 25.1 Å². The Hall–Kier alpha value is -2.84. The first-order valence-corrected chi connectivity index (χ1v) is 9.92. The van der Waals surface area contributed by atoms with E-state index >= 15 is 0 Å². The number of unbranched alkanes of at least 4 members (excludes halogenated alkanes) is 1. The SMILES string of the molecule is CCCCOc1ccc(C(=O)NCC(=O)OCC(=O)Nc2ncc(Cl)cc2Cl)cc1. The summed E-state index contributed by atoms with van der Waals surface area (Å²) in [6.45, 7) is 1.74. The van der Waals surface area contributed by atoms with E-state index in [1.807, 2.05) is 0 Å². The van der Waals surface area contributed by atoms with Gasteiger partial charge in [-0.1, -0.05) is 36.5 Å². The lowest BCUT2D eigenvalue weighted by molar-refractivity contribution is -0.146. The Morgan fingerprint density at radius 1 is 1.13 bits per heavy atom. The molecule has 2 aromatic rings. The molecule has 2 amide bonds. The molecule has 10 heteroatoms. The van der Waals surface area contributed by atoms with Crippen LogP contribution < -0.4 is 15.4 Å². The summed E-state index contributed by atoms with van der Waals surface area (Å²) >= 11 is 11.6. The normalized spacial score (nSPS) is 10.2. The molecule has 2 rings (SSSR count). The van der Waals surface area contributed by atoms with Crippen LogP contribution in [0, 0.1) is 0 Å². The van der Waals surface area contributed by atoms with Gasteiger partial charge in [0, 0.05) is 11.8 Å². The van der Waals surface area contributed by atoms with Crippen molar-refractivity contribution in [2.24, 2.45) is 0 Å². The highest BCUT2D eigenvalue weighted by Gasteiger charge is 2.13. The number of ether oxygens (including phenoxy) is 2. The van der Waals surface area contributed by atoms with Gasteiger partial charge in [0.05, 0.1) is 16.7 Å². The Labute approximate surface area is 183 Å². The summed E-state index contributed by atoms with van der Waals surface area (Å²) in [4.78, 5) is 39.5. The number of carbonyl (C=O) groups is 3. The third-order valence-electron chi connectivity index (χ3n) is 3.71. The second kappa shape index (κ2) is 12.0. The van der Waals surface area contributed by atoms with Crippen LogP contribution >= 0.6 is 23.2 Å². The maximum absolute atomic E-state index is 12.1. The molecular formula is C20H21Cl2N3O5. The van der Waals surface area contributed by atoms with Gasteiger partial charge in [-0.3, -0.25) is 14.4 Å².